The van der Waals surface area contributed by atoms with Crippen LogP contribution < -0.4 is 11.3 Å². The van der Waals surface area contributed by atoms with Crippen LogP contribution in [0.3, 0.4) is 0 Å². The SMILES string of the molecule is Cc1[nH][nH]c(=O)c1[C@H](CC(N)=O)c1cccc(O)c1. The van der Waals surface area contributed by atoms with Crippen LogP contribution in [0.25, 0.3) is 0 Å². The molecule has 0 aliphatic rings. The van der Waals surface area contributed by atoms with Gasteiger partial charge in [0.05, 0.1) is 0 Å². The molecule has 0 saturated heterocycles. The van der Waals surface area contributed by atoms with Crippen LogP contribution >= 0.6 is 0 Å². The van der Waals surface area contributed by atoms with Crippen molar-refractivity contribution >= 4 is 5.91 Å². The Morgan fingerprint density at radius 3 is 2.68 bits per heavy atom. The second-order valence-corrected chi connectivity index (χ2v) is 4.44. The first-order chi connectivity index (χ1) is 8.99. The molecule has 2 aromatic rings. The van der Waals surface area contributed by atoms with Crippen LogP contribution in [-0.4, -0.2) is 21.2 Å². The Balaban J connectivity index is 2.54. The summed E-state index contributed by atoms with van der Waals surface area (Å²) in [7, 11) is 0. The molecular formula is C13H15N3O3. The summed E-state index contributed by atoms with van der Waals surface area (Å²) in [5.74, 6) is -0.899. The Hall–Kier alpha value is -2.50. The minimum absolute atomic E-state index is 0.00519. The number of rotatable bonds is 4. The van der Waals surface area contributed by atoms with E-state index in [1.807, 2.05) is 0 Å². The molecule has 0 radical (unpaired) electrons. The summed E-state index contributed by atoms with van der Waals surface area (Å²) in [5, 5.41) is 14.7. The van der Waals surface area contributed by atoms with Gasteiger partial charge in [-0.2, -0.15) is 0 Å². The van der Waals surface area contributed by atoms with E-state index < -0.39 is 11.8 Å². The third-order valence-corrected chi connectivity index (χ3v) is 3.04. The van der Waals surface area contributed by atoms with Gasteiger partial charge in [0.1, 0.15) is 5.75 Å². The summed E-state index contributed by atoms with van der Waals surface area (Å²) in [4.78, 5) is 23.0. The van der Waals surface area contributed by atoms with Crippen molar-refractivity contribution in [3.05, 3.63) is 51.4 Å². The molecule has 1 amide bonds. The number of carbonyl (C=O) groups is 1. The van der Waals surface area contributed by atoms with Gasteiger partial charge in [0.25, 0.3) is 5.56 Å². The minimum Gasteiger partial charge on any atom is -0.508 e. The zero-order valence-electron chi connectivity index (χ0n) is 10.4. The number of aromatic hydroxyl groups is 1. The number of H-pyrrole nitrogens is 2. The second-order valence-electron chi connectivity index (χ2n) is 4.44. The van der Waals surface area contributed by atoms with Crippen LogP contribution in [0.2, 0.25) is 0 Å². The minimum atomic E-state index is -0.506. The first kappa shape index (κ1) is 12.9. The van der Waals surface area contributed by atoms with E-state index >= 15 is 0 Å². The lowest BCUT2D eigenvalue weighted by atomic mass is 9.88. The number of hydrogen-bond donors (Lipinski definition) is 4. The maximum absolute atomic E-state index is 11.8. The molecule has 0 fully saturated rings. The van der Waals surface area contributed by atoms with Gasteiger partial charge in [0.2, 0.25) is 5.91 Å². The highest BCUT2D eigenvalue weighted by molar-refractivity contribution is 5.75. The molecule has 19 heavy (non-hydrogen) atoms. The maximum atomic E-state index is 11.8. The summed E-state index contributed by atoms with van der Waals surface area (Å²) in [5.41, 5.74) is 6.75. The van der Waals surface area contributed by atoms with Gasteiger partial charge in [-0.1, -0.05) is 12.1 Å². The van der Waals surface area contributed by atoms with Crippen molar-refractivity contribution in [1.82, 2.24) is 10.2 Å². The molecule has 1 atom stereocenters. The van der Waals surface area contributed by atoms with Crippen molar-refractivity contribution in [2.75, 3.05) is 0 Å². The lowest BCUT2D eigenvalue weighted by Gasteiger charge is -2.15. The highest BCUT2D eigenvalue weighted by atomic mass is 16.3. The normalized spacial score (nSPS) is 12.3. The Labute approximate surface area is 109 Å². The van der Waals surface area contributed by atoms with Crippen molar-refractivity contribution in [1.29, 1.82) is 0 Å². The standard InChI is InChI=1S/C13H15N3O3/c1-7-12(13(19)16-15-7)10(6-11(14)18)8-3-2-4-9(17)5-8/h2-5,10,17H,6H2,1H3,(H2,14,18)(H2,15,16,19)/t10-/m1/s1. The predicted molar refractivity (Wildman–Crippen MR) is 69.9 cm³/mol. The van der Waals surface area contributed by atoms with E-state index in [0.717, 1.165) is 0 Å². The smallest absolute Gasteiger partial charge is 0.267 e. The van der Waals surface area contributed by atoms with Crippen molar-refractivity contribution in [3.63, 3.8) is 0 Å². The van der Waals surface area contributed by atoms with Gasteiger partial charge in [0, 0.05) is 23.6 Å². The second kappa shape index (κ2) is 5.01. The quantitative estimate of drug-likeness (QED) is 0.650. The van der Waals surface area contributed by atoms with Gasteiger partial charge in [0.15, 0.2) is 0 Å². The molecule has 6 nitrogen and oxygen atoms in total. The number of aromatic nitrogens is 2. The van der Waals surface area contributed by atoms with E-state index in [4.69, 9.17) is 5.73 Å². The van der Waals surface area contributed by atoms with Crippen molar-refractivity contribution < 1.29 is 9.90 Å². The molecule has 1 aromatic carbocycles. The Bertz CT molecular complexity index is 657. The number of nitrogens with two attached hydrogens (primary N) is 1. The average Bonchev–Trinajstić information content (AvgIpc) is 2.66. The van der Waals surface area contributed by atoms with Crippen LogP contribution in [0.4, 0.5) is 0 Å². The Kier molecular flexibility index (Phi) is 3.41. The molecule has 0 spiro atoms. The topological polar surface area (TPSA) is 112 Å². The van der Waals surface area contributed by atoms with Gasteiger partial charge in [-0.3, -0.25) is 14.7 Å². The molecule has 100 valence electrons. The number of amides is 1. The van der Waals surface area contributed by atoms with Crippen LogP contribution in [0.5, 0.6) is 5.75 Å². The van der Waals surface area contributed by atoms with Crippen molar-refractivity contribution in [2.24, 2.45) is 5.73 Å². The summed E-state index contributed by atoms with van der Waals surface area (Å²) >= 11 is 0. The summed E-state index contributed by atoms with van der Waals surface area (Å²) in [6.45, 7) is 1.74. The fourth-order valence-corrected chi connectivity index (χ4v) is 2.20. The summed E-state index contributed by atoms with van der Waals surface area (Å²) in [6, 6.07) is 6.46. The fraction of sp³-hybridized carbons (Fsp3) is 0.231. The van der Waals surface area contributed by atoms with Gasteiger partial charge in [-0.25, -0.2) is 0 Å². The van der Waals surface area contributed by atoms with Gasteiger partial charge in [-0.05, 0) is 24.6 Å². The summed E-state index contributed by atoms with van der Waals surface area (Å²) in [6.07, 6.45) is 0.00519. The van der Waals surface area contributed by atoms with Crippen molar-refractivity contribution in [3.8, 4) is 5.75 Å². The molecule has 1 heterocycles. The van der Waals surface area contributed by atoms with E-state index in [-0.39, 0.29) is 17.7 Å². The highest BCUT2D eigenvalue weighted by Crippen LogP contribution is 2.29. The van der Waals surface area contributed by atoms with E-state index in [2.05, 4.69) is 10.2 Å². The van der Waals surface area contributed by atoms with Gasteiger partial charge < -0.3 is 15.9 Å². The van der Waals surface area contributed by atoms with Gasteiger partial charge in [-0.15, -0.1) is 0 Å². The molecule has 0 bridgehead atoms. The third kappa shape index (κ3) is 2.67. The van der Waals surface area contributed by atoms with Gasteiger partial charge >= 0.3 is 0 Å². The molecule has 0 aliphatic heterocycles. The highest BCUT2D eigenvalue weighted by Gasteiger charge is 2.23. The molecule has 1 aromatic heterocycles. The first-order valence-electron chi connectivity index (χ1n) is 5.83. The first-order valence-corrected chi connectivity index (χ1v) is 5.83. The average molecular weight is 261 g/mol. The fourth-order valence-electron chi connectivity index (χ4n) is 2.20. The third-order valence-electron chi connectivity index (χ3n) is 3.04. The number of nitrogens with one attached hydrogen (secondary N) is 2. The van der Waals surface area contributed by atoms with Crippen LogP contribution in [0.1, 0.15) is 29.2 Å². The number of hydrogen-bond acceptors (Lipinski definition) is 3. The Morgan fingerprint density at radius 1 is 1.42 bits per heavy atom. The number of aryl methyl sites for hydroxylation is 1. The zero-order chi connectivity index (χ0) is 14.0. The maximum Gasteiger partial charge on any atom is 0.267 e. The molecular weight excluding hydrogens is 246 g/mol. The van der Waals surface area contributed by atoms with E-state index in [9.17, 15) is 14.7 Å². The lowest BCUT2D eigenvalue weighted by molar-refractivity contribution is -0.118. The number of phenolic OH excluding ortho intramolecular Hbond substituents is 1. The molecule has 0 aliphatic carbocycles. The number of phenols is 1. The number of primary amides is 1. The largest absolute Gasteiger partial charge is 0.508 e. The van der Waals surface area contributed by atoms with E-state index in [0.29, 0.717) is 16.8 Å². The van der Waals surface area contributed by atoms with Crippen LogP contribution in [-0.2, 0) is 4.79 Å². The molecule has 6 heteroatoms. The number of carbonyl (C=O) groups excluding carboxylic acids is 1. The predicted octanol–water partition coefficient (Wildman–Crippen LogP) is 0.724. The summed E-state index contributed by atoms with van der Waals surface area (Å²) < 4.78 is 0. The molecule has 5 N–H and O–H groups in total. The van der Waals surface area contributed by atoms with Crippen LogP contribution in [0, 0.1) is 6.92 Å². The number of aromatic amines is 2. The Morgan fingerprint density at radius 2 is 2.16 bits per heavy atom. The van der Waals surface area contributed by atoms with Crippen molar-refractivity contribution in [2.45, 2.75) is 19.3 Å². The van der Waals surface area contributed by atoms with E-state index in [1.165, 1.54) is 12.1 Å². The monoisotopic (exact) mass is 261 g/mol. The molecule has 0 unspecified atom stereocenters. The van der Waals surface area contributed by atoms with Crippen LogP contribution in [0.15, 0.2) is 29.1 Å². The zero-order valence-corrected chi connectivity index (χ0v) is 10.4. The van der Waals surface area contributed by atoms with E-state index in [1.54, 1.807) is 19.1 Å². The molecule has 0 saturated carbocycles. The lowest BCUT2D eigenvalue weighted by Crippen LogP contribution is -2.20. The molecule has 2 rings (SSSR count). The number of benzene rings is 1.